The molecule has 0 saturated heterocycles. The molecule has 0 fully saturated rings. The SMILES string of the molecule is CCCCN(CC(N)=O)C(=O)C(C)(N)C(F)(F)F. The lowest BCUT2D eigenvalue weighted by Crippen LogP contribution is -2.63. The molecule has 0 rings (SSSR count). The van der Waals surface area contributed by atoms with Gasteiger partial charge in [-0.3, -0.25) is 9.59 Å². The van der Waals surface area contributed by atoms with E-state index in [2.05, 4.69) is 0 Å². The molecule has 8 heteroatoms. The Morgan fingerprint density at radius 2 is 1.78 bits per heavy atom. The van der Waals surface area contributed by atoms with Gasteiger partial charge in [0.2, 0.25) is 5.91 Å². The molecule has 2 amide bonds. The van der Waals surface area contributed by atoms with Gasteiger partial charge in [-0.05, 0) is 13.3 Å². The monoisotopic (exact) mass is 269 g/mol. The molecule has 4 N–H and O–H groups in total. The summed E-state index contributed by atoms with van der Waals surface area (Å²) in [6, 6.07) is 0. The summed E-state index contributed by atoms with van der Waals surface area (Å²) in [7, 11) is 0. The fourth-order valence-electron chi connectivity index (χ4n) is 1.24. The van der Waals surface area contributed by atoms with Crippen molar-refractivity contribution < 1.29 is 22.8 Å². The molecular weight excluding hydrogens is 251 g/mol. The third-order valence-corrected chi connectivity index (χ3v) is 2.45. The number of nitrogens with zero attached hydrogens (tertiary/aromatic N) is 1. The van der Waals surface area contributed by atoms with Gasteiger partial charge in [-0.1, -0.05) is 13.3 Å². The Hall–Kier alpha value is -1.31. The second kappa shape index (κ2) is 6.03. The summed E-state index contributed by atoms with van der Waals surface area (Å²) in [5.74, 6) is -2.22. The van der Waals surface area contributed by atoms with Crippen molar-refractivity contribution in [2.45, 2.75) is 38.4 Å². The second-order valence-corrected chi connectivity index (χ2v) is 4.25. The normalized spacial score (nSPS) is 15.0. The van der Waals surface area contributed by atoms with Gasteiger partial charge in [0.25, 0.3) is 5.91 Å². The number of primary amides is 1. The molecule has 5 nitrogen and oxygen atoms in total. The van der Waals surface area contributed by atoms with E-state index >= 15 is 0 Å². The number of unbranched alkanes of at least 4 members (excludes halogenated alkanes) is 1. The third-order valence-electron chi connectivity index (χ3n) is 2.45. The summed E-state index contributed by atoms with van der Waals surface area (Å²) >= 11 is 0. The van der Waals surface area contributed by atoms with Crippen molar-refractivity contribution in [2.75, 3.05) is 13.1 Å². The van der Waals surface area contributed by atoms with E-state index in [0.29, 0.717) is 19.8 Å². The average Bonchev–Trinajstić information content (AvgIpc) is 2.20. The lowest BCUT2D eigenvalue weighted by Gasteiger charge is -2.32. The standard InChI is InChI=1S/C10H18F3N3O2/c1-3-4-5-16(6-7(14)17)8(18)9(2,15)10(11,12)13/h3-6,15H2,1-2H3,(H2,14,17). The Kier molecular flexibility index (Phi) is 5.59. The Morgan fingerprint density at radius 1 is 1.28 bits per heavy atom. The minimum Gasteiger partial charge on any atom is -0.368 e. The van der Waals surface area contributed by atoms with E-state index in [0.717, 1.165) is 4.90 Å². The zero-order chi connectivity index (χ0) is 14.6. The predicted molar refractivity (Wildman–Crippen MR) is 59.3 cm³/mol. The minimum atomic E-state index is -4.88. The van der Waals surface area contributed by atoms with Crippen LogP contribution < -0.4 is 11.5 Å². The quantitative estimate of drug-likeness (QED) is 0.730. The fraction of sp³-hybridized carbons (Fsp3) is 0.800. The molecule has 1 unspecified atom stereocenters. The van der Waals surface area contributed by atoms with Crippen LogP contribution in [-0.2, 0) is 9.59 Å². The first-order chi connectivity index (χ1) is 8.04. The summed E-state index contributed by atoms with van der Waals surface area (Å²) in [6.45, 7) is 1.83. The van der Waals surface area contributed by atoms with Crippen molar-refractivity contribution in [2.24, 2.45) is 11.5 Å². The van der Waals surface area contributed by atoms with Gasteiger partial charge in [-0.25, -0.2) is 0 Å². The van der Waals surface area contributed by atoms with Crippen LogP contribution in [0.5, 0.6) is 0 Å². The van der Waals surface area contributed by atoms with E-state index in [-0.39, 0.29) is 6.54 Å². The van der Waals surface area contributed by atoms with Crippen molar-refractivity contribution in [3.8, 4) is 0 Å². The minimum absolute atomic E-state index is 0.0150. The Morgan fingerprint density at radius 3 is 2.11 bits per heavy atom. The van der Waals surface area contributed by atoms with Gasteiger partial charge in [0.1, 0.15) is 0 Å². The molecule has 106 valence electrons. The molecule has 1 atom stereocenters. The van der Waals surface area contributed by atoms with Gasteiger partial charge < -0.3 is 16.4 Å². The number of carbonyl (C=O) groups is 2. The molecule has 0 aliphatic rings. The second-order valence-electron chi connectivity index (χ2n) is 4.25. The van der Waals surface area contributed by atoms with E-state index in [4.69, 9.17) is 11.5 Å². The van der Waals surface area contributed by atoms with Gasteiger partial charge in [0.15, 0.2) is 5.54 Å². The van der Waals surface area contributed by atoms with Crippen molar-refractivity contribution >= 4 is 11.8 Å². The molecule has 0 aromatic carbocycles. The predicted octanol–water partition coefficient (Wildman–Crippen LogP) is 0.380. The summed E-state index contributed by atoms with van der Waals surface area (Å²) in [5.41, 5.74) is 6.90. The van der Waals surface area contributed by atoms with Crippen molar-refractivity contribution in [3.63, 3.8) is 0 Å². The smallest absolute Gasteiger partial charge is 0.368 e. The number of hydrogen-bond acceptors (Lipinski definition) is 3. The topological polar surface area (TPSA) is 89.4 Å². The number of alkyl halides is 3. The number of rotatable bonds is 6. The summed E-state index contributed by atoms with van der Waals surface area (Å²) in [6.07, 6.45) is -3.75. The lowest BCUT2D eigenvalue weighted by molar-refractivity contribution is -0.194. The Balaban J connectivity index is 5.00. The molecule has 0 saturated carbocycles. The van der Waals surface area contributed by atoms with Crippen LogP contribution in [0.2, 0.25) is 0 Å². The van der Waals surface area contributed by atoms with Crippen molar-refractivity contribution in [1.29, 1.82) is 0 Å². The zero-order valence-electron chi connectivity index (χ0n) is 10.4. The highest BCUT2D eigenvalue weighted by atomic mass is 19.4. The van der Waals surface area contributed by atoms with Crippen LogP contribution in [0.4, 0.5) is 13.2 Å². The summed E-state index contributed by atoms with van der Waals surface area (Å²) in [5, 5.41) is 0. The first-order valence-electron chi connectivity index (χ1n) is 5.47. The number of hydrogen-bond donors (Lipinski definition) is 2. The molecule has 0 heterocycles. The van der Waals surface area contributed by atoms with Crippen molar-refractivity contribution in [3.05, 3.63) is 0 Å². The summed E-state index contributed by atoms with van der Waals surface area (Å²) in [4.78, 5) is 23.2. The van der Waals surface area contributed by atoms with E-state index in [1.165, 1.54) is 0 Å². The van der Waals surface area contributed by atoms with Crippen LogP contribution in [0.15, 0.2) is 0 Å². The fourth-order valence-corrected chi connectivity index (χ4v) is 1.24. The third kappa shape index (κ3) is 4.17. The van der Waals surface area contributed by atoms with E-state index < -0.39 is 30.1 Å². The lowest BCUT2D eigenvalue weighted by atomic mass is 10.0. The van der Waals surface area contributed by atoms with E-state index in [9.17, 15) is 22.8 Å². The van der Waals surface area contributed by atoms with Gasteiger partial charge in [-0.15, -0.1) is 0 Å². The van der Waals surface area contributed by atoms with Crippen LogP contribution in [0.3, 0.4) is 0 Å². The molecule has 0 bridgehead atoms. The van der Waals surface area contributed by atoms with Crippen molar-refractivity contribution in [1.82, 2.24) is 4.90 Å². The van der Waals surface area contributed by atoms with Gasteiger partial charge in [0.05, 0.1) is 6.54 Å². The van der Waals surface area contributed by atoms with Crippen LogP contribution >= 0.6 is 0 Å². The average molecular weight is 269 g/mol. The molecule has 0 radical (unpaired) electrons. The molecule has 0 spiro atoms. The Bertz CT molecular complexity index is 316. The molecule has 18 heavy (non-hydrogen) atoms. The van der Waals surface area contributed by atoms with E-state index in [1.807, 2.05) is 0 Å². The highest BCUT2D eigenvalue weighted by molar-refractivity contribution is 5.90. The van der Waals surface area contributed by atoms with Gasteiger partial charge in [-0.2, -0.15) is 13.2 Å². The van der Waals surface area contributed by atoms with Crippen LogP contribution in [0, 0.1) is 0 Å². The molecule has 0 aliphatic heterocycles. The maximum Gasteiger partial charge on any atom is 0.415 e. The first-order valence-corrected chi connectivity index (χ1v) is 5.47. The maximum absolute atomic E-state index is 12.6. The Labute approximate surface area is 103 Å². The van der Waals surface area contributed by atoms with Crippen LogP contribution in [-0.4, -0.2) is 41.5 Å². The number of halogens is 3. The molecule has 0 aliphatic carbocycles. The molecular formula is C10H18F3N3O2. The molecule has 0 aromatic rings. The van der Waals surface area contributed by atoms with Crippen LogP contribution in [0.25, 0.3) is 0 Å². The number of carbonyl (C=O) groups excluding carboxylic acids is 2. The van der Waals surface area contributed by atoms with Crippen LogP contribution in [0.1, 0.15) is 26.7 Å². The number of nitrogens with two attached hydrogens (primary N) is 2. The van der Waals surface area contributed by atoms with E-state index in [1.54, 1.807) is 6.92 Å². The summed E-state index contributed by atoms with van der Waals surface area (Å²) < 4.78 is 37.8. The number of amides is 2. The highest BCUT2D eigenvalue weighted by Gasteiger charge is 2.55. The zero-order valence-corrected chi connectivity index (χ0v) is 10.4. The van der Waals surface area contributed by atoms with Gasteiger partial charge in [0, 0.05) is 6.54 Å². The largest absolute Gasteiger partial charge is 0.415 e. The maximum atomic E-state index is 12.6. The van der Waals surface area contributed by atoms with Gasteiger partial charge >= 0.3 is 6.18 Å². The highest BCUT2D eigenvalue weighted by Crippen LogP contribution is 2.29. The molecule has 0 aromatic heterocycles. The first kappa shape index (κ1) is 16.7.